The van der Waals surface area contributed by atoms with Crippen molar-refractivity contribution in [3.8, 4) is 0 Å². The van der Waals surface area contributed by atoms with Crippen molar-refractivity contribution >= 4 is 0 Å². The molecule has 0 saturated heterocycles. The maximum absolute atomic E-state index is 9.23. The first kappa shape index (κ1) is 9.71. The van der Waals surface area contributed by atoms with E-state index in [2.05, 4.69) is 29.6 Å². The van der Waals surface area contributed by atoms with E-state index in [-0.39, 0.29) is 12.5 Å². The number of aliphatic hydroxyl groups is 1. The molecule has 2 rings (SSSR count). The van der Waals surface area contributed by atoms with Crippen LogP contribution in [-0.2, 0) is 6.54 Å². The highest BCUT2D eigenvalue weighted by atomic mass is 16.3. The molecule has 0 aliphatic carbocycles. The fourth-order valence-electron chi connectivity index (χ4n) is 2.04. The first-order valence-corrected chi connectivity index (χ1v) is 5.40. The van der Waals surface area contributed by atoms with Gasteiger partial charge in [0.25, 0.3) is 0 Å². The summed E-state index contributed by atoms with van der Waals surface area (Å²) in [4.78, 5) is 4.61. The molecule has 2 heterocycles. The second kappa shape index (κ2) is 3.73. The molecule has 1 aliphatic heterocycles. The summed E-state index contributed by atoms with van der Waals surface area (Å²) in [5.74, 6) is 1.83. The smallest absolute Gasteiger partial charge is 0.114 e. The van der Waals surface area contributed by atoms with Gasteiger partial charge in [0, 0.05) is 18.7 Å². The molecule has 1 unspecified atom stereocenters. The number of nitrogens with zero attached hydrogens (tertiary/aromatic N) is 2. The number of aliphatic hydroxyl groups excluding tert-OH is 1. The van der Waals surface area contributed by atoms with E-state index in [1.54, 1.807) is 0 Å². The Morgan fingerprint density at radius 2 is 2.43 bits per heavy atom. The maximum atomic E-state index is 9.23. The Labute approximate surface area is 84.8 Å². The van der Waals surface area contributed by atoms with Crippen LogP contribution in [-0.4, -0.2) is 21.3 Å². The molecule has 1 aromatic heterocycles. The minimum absolute atomic E-state index is 0.231. The molecule has 78 valence electrons. The molecular weight excluding hydrogens is 176 g/mol. The zero-order valence-electron chi connectivity index (χ0n) is 8.90. The average Bonchev–Trinajstić information content (AvgIpc) is 2.60. The van der Waals surface area contributed by atoms with Crippen molar-refractivity contribution in [1.29, 1.82) is 0 Å². The van der Waals surface area contributed by atoms with Gasteiger partial charge in [-0.1, -0.05) is 13.8 Å². The Kier molecular flexibility index (Phi) is 2.59. The summed E-state index contributed by atoms with van der Waals surface area (Å²) in [5.41, 5.74) is 1.15. The molecule has 0 aromatic carbocycles. The first-order valence-electron chi connectivity index (χ1n) is 5.40. The van der Waals surface area contributed by atoms with Crippen molar-refractivity contribution in [2.75, 3.05) is 6.61 Å². The number of imidazole rings is 1. The number of aryl methyl sites for hydroxylation is 1. The van der Waals surface area contributed by atoms with Crippen LogP contribution in [0.2, 0.25) is 0 Å². The molecule has 0 spiro atoms. The van der Waals surface area contributed by atoms with Gasteiger partial charge in [-0.05, 0) is 18.8 Å². The van der Waals surface area contributed by atoms with E-state index >= 15 is 0 Å². The second-order valence-electron chi connectivity index (χ2n) is 4.39. The van der Waals surface area contributed by atoms with E-state index in [1.807, 2.05) is 0 Å². The van der Waals surface area contributed by atoms with Gasteiger partial charge in [-0.15, -0.1) is 0 Å². The molecular formula is C11H18N2O. The van der Waals surface area contributed by atoms with Gasteiger partial charge in [0.15, 0.2) is 0 Å². The van der Waals surface area contributed by atoms with E-state index in [9.17, 15) is 5.11 Å². The lowest BCUT2D eigenvalue weighted by molar-refractivity contribution is 0.238. The van der Waals surface area contributed by atoms with Crippen LogP contribution >= 0.6 is 0 Å². The van der Waals surface area contributed by atoms with E-state index in [1.165, 1.54) is 0 Å². The van der Waals surface area contributed by atoms with Crippen LogP contribution in [0, 0.1) is 0 Å². The normalized spacial score (nSPS) is 21.3. The molecule has 1 aliphatic rings. The highest BCUT2D eigenvalue weighted by Gasteiger charge is 2.22. The van der Waals surface area contributed by atoms with Gasteiger partial charge in [0.1, 0.15) is 5.82 Å². The monoisotopic (exact) mass is 194 g/mol. The van der Waals surface area contributed by atoms with Gasteiger partial charge in [0.05, 0.1) is 12.3 Å². The van der Waals surface area contributed by atoms with Gasteiger partial charge < -0.3 is 9.67 Å². The fraction of sp³-hybridized carbons (Fsp3) is 0.727. The molecule has 3 nitrogen and oxygen atoms in total. The van der Waals surface area contributed by atoms with Crippen LogP contribution in [0.4, 0.5) is 0 Å². The van der Waals surface area contributed by atoms with Gasteiger partial charge in [-0.2, -0.15) is 0 Å². The fourth-order valence-corrected chi connectivity index (χ4v) is 2.04. The third-order valence-electron chi connectivity index (χ3n) is 2.95. The van der Waals surface area contributed by atoms with E-state index in [4.69, 9.17) is 0 Å². The standard InChI is InChI=1S/C11H18N2O/c1-8(2)10-6-13-5-3-4-9(7-14)11(13)12-10/h6,8-9,14H,3-5,7H2,1-2H3. The summed E-state index contributed by atoms with van der Waals surface area (Å²) in [5, 5.41) is 9.23. The number of aromatic nitrogens is 2. The minimum Gasteiger partial charge on any atom is -0.396 e. The summed E-state index contributed by atoms with van der Waals surface area (Å²) in [6.07, 6.45) is 4.37. The molecule has 14 heavy (non-hydrogen) atoms. The van der Waals surface area contributed by atoms with Gasteiger partial charge in [-0.3, -0.25) is 0 Å². The molecule has 0 bridgehead atoms. The molecule has 1 aromatic rings. The van der Waals surface area contributed by atoms with Gasteiger partial charge >= 0.3 is 0 Å². The topological polar surface area (TPSA) is 38.0 Å². The lowest BCUT2D eigenvalue weighted by Crippen LogP contribution is -2.18. The van der Waals surface area contributed by atoms with Crippen LogP contribution in [0.25, 0.3) is 0 Å². The zero-order valence-corrected chi connectivity index (χ0v) is 8.90. The summed E-state index contributed by atoms with van der Waals surface area (Å²) >= 11 is 0. The van der Waals surface area contributed by atoms with Crippen LogP contribution in [0.15, 0.2) is 6.20 Å². The minimum atomic E-state index is 0.231. The first-order chi connectivity index (χ1) is 6.72. The summed E-state index contributed by atoms with van der Waals surface area (Å²) in [6, 6.07) is 0. The van der Waals surface area contributed by atoms with Crippen molar-refractivity contribution in [2.45, 2.75) is 45.1 Å². The highest BCUT2D eigenvalue weighted by molar-refractivity contribution is 5.13. The lowest BCUT2D eigenvalue weighted by Gasteiger charge is -2.21. The van der Waals surface area contributed by atoms with E-state index in [0.29, 0.717) is 5.92 Å². The van der Waals surface area contributed by atoms with Crippen LogP contribution in [0.1, 0.15) is 50.0 Å². The van der Waals surface area contributed by atoms with E-state index in [0.717, 1.165) is 30.9 Å². The Morgan fingerprint density at radius 1 is 1.64 bits per heavy atom. The van der Waals surface area contributed by atoms with Gasteiger partial charge in [0.2, 0.25) is 0 Å². The number of hydrogen-bond acceptors (Lipinski definition) is 2. The molecule has 0 fully saturated rings. The third-order valence-corrected chi connectivity index (χ3v) is 2.95. The molecule has 0 saturated carbocycles. The number of hydrogen-bond donors (Lipinski definition) is 1. The third kappa shape index (κ3) is 1.57. The maximum Gasteiger partial charge on any atom is 0.114 e. The van der Waals surface area contributed by atoms with Crippen molar-refractivity contribution in [3.05, 3.63) is 17.7 Å². The quantitative estimate of drug-likeness (QED) is 0.780. The summed E-state index contributed by atoms with van der Waals surface area (Å²) < 4.78 is 2.21. The van der Waals surface area contributed by atoms with Crippen molar-refractivity contribution in [2.24, 2.45) is 0 Å². The van der Waals surface area contributed by atoms with Crippen LogP contribution in [0.5, 0.6) is 0 Å². The molecule has 0 radical (unpaired) electrons. The van der Waals surface area contributed by atoms with Crippen molar-refractivity contribution in [3.63, 3.8) is 0 Å². The Bertz CT molecular complexity index is 317. The Hall–Kier alpha value is -0.830. The van der Waals surface area contributed by atoms with Crippen molar-refractivity contribution in [1.82, 2.24) is 9.55 Å². The van der Waals surface area contributed by atoms with Crippen molar-refractivity contribution < 1.29 is 5.11 Å². The zero-order chi connectivity index (χ0) is 10.1. The van der Waals surface area contributed by atoms with E-state index < -0.39 is 0 Å². The summed E-state index contributed by atoms with van der Waals surface area (Å²) in [7, 11) is 0. The average molecular weight is 194 g/mol. The Balaban J connectivity index is 2.33. The molecule has 0 amide bonds. The van der Waals surface area contributed by atoms with Crippen LogP contribution in [0.3, 0.4) is 0 Å². The van der Waals surface area contributed by atoms with Gasteiger partial charge in [-0.25, -0.2) is 4.98 Å². The second-order valence-corrected chi connectivity index (χ2v) is 4.39. The van der Waals surface area contributed by atoms with Crippen LogP contribution < -0.4 is 0 Å². The molecule has 1 atom stereocenters. The number of fused-ring (bicyclic) bond motifs is 1. The number of rotatable bonds is 2. The molecule has 3 heteroatoms. The lowest BCUT2D eigenvalue weighted by atomic mass is 10.0. The summed E-state index contributed by atoms with van der Waals surface area (Å²) in [6.45, 7) is 5.60. The largest absolute Gasteiger partial charge is 0.396 e. The predicted molar refractivity (Wildman–Crippen MR) is 55.4 cm³/mol. The molecule has 1 N–H and O–H groups in total. The SMILES string of the molecule is CC(C)c1cn2c(n1)C(CO)CCC2. The highest BCUT2D eigenvalue weighted by Crippen LogP contribution is 2.27. The Morgan fingerprint density at radius 3 is 3.07 bits per heavy atom. The predicted octanol–water partition coefficient (Wildman–Crippen LogP) is 1.88.